The fourth-order valence-corrected chi connectivity index (χ4v) is 5.03. The Balaban J connectivity index is 1.35. The van der Waals surface area contributed by atoms with Crippen molar-refractivity contribution in [1.29, 1.82) is 0 Å². The van der Waals surface area contributed by atoms with Crippen molar-refractivity contribution >= 4 is 15.9 Å². The van der Waals surface area contributed by atoms with Crippen molar-refractivity contribution in [3.8, 4) is 11.1 Å². The highest BCUT2D eigenvalue weighted by molar-refractivity contribution is 7.89. The van der Waals surface area contributed by atoms with E-state index in [1.165, 1.54) is 0 Å². The Bertz CT molecular complexity index is 1090. The standard InChI is InChI=1S/C24H24N2O3S/c27-24(21-13-11-20(12-14-21)19-7-3-1-4-8-19)26-17-15-22(16-18-26)25-30(28,29)23-9-5-2-6-10-23/h1-14,22,25H,15-18H2. The second kappa shape index (κ2) is 8.81. The minimum Gasteiger partial charge on any atom is -0.339 e. The number of hydrogen-bond acceptors (Lipinski definition) is 3. The summed E-state index contributed by atoms with van der Waals surface area (Å²) in [6.07, 6.45) is 1.19. The van der Waals surface area contributed by atoms with Gasteiger partial charge in [0.1, 0.15) is 0 Å². The summed E-state index contributed by atoms with van der Waals surface area (Å²) < 4.78 is 27.8. The number of sulfonamides is 1. The molecule has 0 atom stereocenters. The fraction of sp³-hybridized carbons (Fsp3) is 0.208. The molecule has 1 saturated heterocycles. The Kier molecular flexibility index (Phi) is 5.97. The van der Waals surface area contributed by atoms with Crippen molar-refractivity contribution in [2.24, 2.45) is 0 Å². The maximum absolute atomic E-state index is 12.8. The van der Waals surface area contributed by atoms with E-state index in [-0.39, 0.29) is 16.8 Å². The molecule has 3 aromatic carbocycles. The number of piperidine rings is 1. The molecule has 1 fully saturated rings. The SMILES string of the molecule is O=C(c1ccc(-c2ccccc2)cc1)N1CCC(NS(=O)(=O)c2ccccc2)CC1. The van der Waals surface area contributed by atoms with Crippen LogP contribution in [0.4, 0.5) is 0 Å². The van der Waals surface area contributed by atoms with E-state index in [1.807, 2.05) is 54.6 Å². The summed E-state index contributed by atoms with van der Waals surface area (Å²) >= 11 is 0. The average Bonchev–Trinajstić information content (AvgIpc) is 2.80. The fourth-order valence-electron chi connectivity index (χ4n) is 3.71. The minimum atomic E-state index is -3.53. The van der Waals surface area contributed by atoms with Crippen molar-refractivity contribution < 1.29 is 13.2 Å². The molecule has 1 N–H and O–H groups in total. The van der Waals surface area contributed by atoms with Crippen LogP contribution in [0.2, 0.25) is 0 Å². The van der Waals surface area contributed by atoms with Gasteiger partial charge in [0.15, 0.2) is 0 Å². The Morgan fingerprint density at radius 3 is 1.90 bits per heavy atom. The number of nitrogens with one attached hydrogen (secondary N) is 1. The molecule has 30 heavy (non-hydrogen) atoms. The Morgan fingerprint density at radius 1 is 0.767 bits per heavy atom. The summed E-state index contributed by atoms with van der Waals surface area (Å²) in [5.74, 6) is -0.0148. The lowest BCUT2D eigenvalue weighted by atomic mass is 10.0. The number of hydrogen-bond donors (Lipinski definition) is 1. The molecular formula is C24H24N2O3S. The molecule has 0 saturated carbocycles. The quantitative estimate of drug-likeness (QED) is 0.680. The molecule has 0 aliphatic carbocycles. The van der Waals surface area contributed by atoms with E-state index in [4.69, 9.17) is 0 Å². The first-order valence-electron chi connectivity index (χ1n) is 10.0. The van der Waals surface area contributed by atoms with Crippen LogP contribution in [0.5, 0.6) is 0 Å². The van der Waals surface area contributed by atoms with E-state index in [9.17, 15) is 13.2 Å². The number of likely N-dealkylation sites (tertiary alicyclic amines) is 1. The van der Waals surface area contributed by atoms with Crippen LogP contribution in [0.1, 0.15) is 23.2 Å². The first kappa shape index (κ1) is 20.3. The highest BCUT2D eigenvalue weighted by Gasteiger charge is 2.27. The van der Waals surface area contributed by atoms with Crippen molar-refractivity contribution in [3.63, 3.8) is 0 Å². The predicted octanol–water partition coefficient (Wildman–Crippen LogP) is 3.94. The van der Waals surface area contributed by atoms with Crippen LogP contribution in [0.25, 0.3) is 11.1 Å². The summed E-state index contributed by atoms with van der Waals surface area (Å²) in [4.78, 5) is 14.9. The van der Waals surface area contributed by atoms with Crippen LogP contribution in [0, 0.1) is 0 Å². The van der Waals surface area contributed by atoms with Gasteiger partial charge in [-0.1, -0.05) is 60.7 Å². The molecule has 1 amide bonds. The van der Waals surface area contributed by atoms with Gasteiger partial charge in [0.2, 0.25) is 10.0 Å². The Labute approximate surface area is 177 Å². The minimum absolute atomic E-state index is 0.0148. The molecule has 3 aromatic rings. The molecule has 0 aromatic heterocycles. The molecule has 5 nitrogen and oxygen atoms in total. The van der Waals surface area contributed by atoms with E-state index < -0.39 is 10.0 Å². The van der Waals surface area contributed by atoms with Gasteiger partial charge in [-0.05, 0) is 48.2 Å². The lowest BCUT2D eigenvalue weighted by Gasteiger charge is -2.32. The maximum atomic E-state index is 12.8. The number of carbonyl (C=O) groups excluding carboxylic acids is 1. The van der Waals surface area contributed by atoms with Gasteiger partial charge in [0.25, 0.3) is 5.91 Å². The van der Waals surface area contributed by atoms with Crippen molar-refractivity contribution in [3.05, 3.63) is 90.5 Å². The van der Waals surface area contributed by atoms with Crippen LogP contribution in [-0.4, -0.2) is 38.4 Å². The molecule has 1 heterocycles. The molecule has 4 rings (SSSR count). The zero-order valence-electron chi connectivity index (χ0n) is 16.6. The van der Waals surface area contributed by atoms with Crippen molar-refractivity contribution in [2.75, 3.05) is 13.1 Å². The number of nitrogens with zero attached hydrogens (tertiary/aromatic N) is 1. The van der Waals surface area contributed by atoms with Crippen molar-refractivity contribution in [2.45, 2.75) is 23.8 Å². The van der Waals surface area contributed by atoms with Gasteiger partial charge in [-0.2, -0.15) is 0 Å². The van der Waals surface area contributed by atoms with Crippen LogP contribution in [0.3, 0.4) is 0 Å². The highest BCUT2D eigenvalue weighted by atomic mass is 32.2. The second-order valence-electron chi connectivity index (χ2n) is 7.44. The van der Waals surface area contributed by atoms with E-state index in [0.717, 1.165) is 11.1 Å². The molecule has 154 valence electrons. The van der Waals surface area contributed by atoms with Gasteiger partial charge in [0, 0.05) is 24.7 Å². The van der Waals surface area contributed by atoms with Gasteiger partial charge in [-0.25, -0.2) is 13.1 Å². The smallest absolute Gasteiger partial charge is 0.253 e. The molecule has 0 radical (unpaired) electrons. The zero-order chi connectivity index (χ0) is 21.0. The summed E-state index contributed by atoms with van der Waals surface area (Å²) in [5, 5.41) is 0. The third-order valence-electron chi connectivity index (χ3n) is 5.40. The van der Waals surface area contributed by atoms with E-state index in [2.05, 4.69) is 4.72 Å². The Hall–Kier alpha value is -2.96. The summed E-state index contributed by atoms with van der Waals surface area (Å²) in [6.45, 7) is 1.06. The number of carbonyl (C=O) groups is 1. The predicted molar refractivity (Wildman–Crippen MR) is 118 cm³/mol. The molecule has 0 bridgehead atoms. The first-order valence-corrected chi connectivity index (χ1v) is 11.5. The van der Waals surface area contributed by atoms with Crippen LogP contribution in [-0.2, 0) is 10.0 Å². The molecule has 1 aliphatic rings. The molecule has 6 heteroatoms. The molecular weight excluding hydrogens is 396 g/mol. The van der Waals surface area contributed by atoms with Gasteiger partial charge >= 0.3 is 0 Å². The summed E-state index contributed by atoms with van der Waals surface area (Å²) in [7, 11) is -3.53. The van der Waals surface area contributed by atoms with Gasteiger partial charge < -0.3 is 4.90 Å². The lowest BCUT2D eigenvalue weighted by Crippen LogP contribution is -2.46. The van der Waals surface area contributed by atoms with Crippen molar-refractivity contribution in [1.82, 2.24) is 9.62 Å². The summed E-state index contributed by atoms with van der Waals surface area (Å²) in [5.41, 5.74) is 2.84. The lowest BCUT2D eigenvalue weighted by molar-refractivity contribution is 0.0711. The topological polar surface area (TPSA) is 66.5 Å². The monoisotopic (exact) mass is 420 g/mol. The van der Waals surface area contributed by atoms with Gasteiger partial charge in [0.05, 0.1) is 4.90 Å². The van der Waals surface area contributed by atoms with E-state index >= 15 is 0 Å². The third-order valence-corrected chi connectivity index (χ3v) is 6.93. The van der Waals surface area contributed by atoms with E-state index in [0.29, 0.717) is 31.5 Å². The van der Waals surface area contributed by atoms with Crippen LogP contribution in [0.15, 0.2) is 89.8 Å². The zero-order valence-corrected chi connectivity index (χ0v) is 17.4. The number of rotatable bonds is 5. The third kappa shape index (κ3) is 4.61. The first-order chi connectivity index (χ1) is 14.5. The summed E-state index contributed by atoms with van der Waals surface area (Å²) in [6, 6.07) is 25.9. The van der Waals surface area contributed by atoms with E-state index in [1.54, 1.807) is 35.2 Å². The van der Waals surface area contributed by atoms with Gasteiger partial charge in [-0.3, -0.25) is 4.79 Å². The maximum Gasteiger partial charge on any atom is 0.253 e. The number of benzene rings is 3. The number of amides is 1. The molecule has 0 spiro atoms. The largest absolute Gasteiger partial charge is 0.339 e. The molecule has 1 aliphatic heterocycles. The highest BCUT2D eigenvalue weighted by Crippen LogP contribution is 2.21. The molecule has 0 unspecified atom stereocenters. The second-order valence-corrected chi connectivity index (χ2v) is 9.16. The van der Waals surface area contributed by atoms with Crippen LogP contribution >= 0.6 is 0 Å². The van der Waals surface area contributed by atoms with Gasteiger partial charge in [-0.15, -0.1) is 0 Å². The normalized spacial score (nSPS) is 15.1. The van der Waals surface area contributed by atoms with Crippen LogP contribution < -0.4 is 4.72 Å². The Morgan fingerprint density at radius 2 is 1.30 bits per heavy atom. The average molecular weight is 421 g/mol.